The molecule has 0 aromatic heterocycles. The van der Waals surface area contributed by atoms with Crippen molar-refractivity contribution in [3.63, 3.8) is 0 Å². The first kappa shape index (κ1) is 14.2. The molecule has 1 atom stereocenters. The smallest absolute Gasteiger partial charge is 0.123 e. The molecule has 2 aromatic rings. The first-order valence-electron chi connectivity index (χ1n) is 7.78. The molecule has 2 aromatic carbocycles. The van der Waals surface area contributed by atoms with Crippen molar-refractivity contribution in [3.8, 4) is 5.75 Å². The minimum Gasteiger partial charge on any atom is -0.489 e. The number of benzene rings is 2. The number of rotatable bonds is 4. The van der Waals surface area contributed by atoms with Gasteiger partial charge in [0.25, 0.3) is 0 Å². The summed E-state index contributed by atoms with van der Waals surface area (Å²) in [6.45, 7) is 2.74. The van der Waals surface area contributed by atoms with Crippen LogP contribution in [0.25, 0.3) is 0 Å². The summed E-state index contributed by atoms with van der Waals surface area (Å²) in [6.07, 6.45) is 3.61. The predicted molar refractivity (Wildman–Crippen MR) is 84.5 cm³/mol. The number of ether oxygens (including phenoxy) is 1. The van der Waals surface area contributed by atoms with Crippen molar-refractivity contribution < 1.29 is 9.84 Å². The molecule has 0 amide bonds. The zero-order valence-electron chi connectivity index (χ0n) is 12.5. The second-order valence-electron chi connectivity index (χ2n) is 5.69. The van der Waals surface area contributed by atoms with Crippen LogP contribution in [-0.2, 0) is 19.4 Å². The lowest BCUT2D eigenvalue weighted by molar-refractivity contribution is 0.155. The van der Waals surface area contributed by atoms with E-state index in [1.54, 1.807) is 0 Å². The lowest BCUT2D eigenvalue weighted by Gasteiger charge is -2.23. The SMILES string of the molecule is CCc1ccc(COc2cccc3c2CCCC3O)cc1. The molecule has 2 heteroatoms. The maximum absolute atomic E-state index is 10.1. The minimum atomic E-state index is -0.332. The van der Waals surface area contributed by atoms with Gasteiger partial charge in [-0.05, 0) is 54.0 Å². The van der Waals surface area contributed by atoms with Crippen LogP contribution in [0, 0.1) is 0 Å². The van der Waals surface area contributed by atoms with E-state index in [4.69, 9.17) is 4.74 Å². The zero-order chi connectivity index (χ0) is 14.7. The third kappa shape index (κ3) is 3.11. The van der Waals surface area contributed by atoms with Crippen molar-refractivity contribution in [3.05, 3.63) is 64.7 Å². The predicted octanol–water partition coefficient (Wildman–Crippen LogP) is 4.20. The summed E-state index contributed by atoms with van der Waals surface area (Å²) in [5.41, 5.74) is 4.75. The summed E-state index contributed by atoms with van der Waals surface area (Å²) < 4.78 is 6.00. The fourth-order valence-corrected chi connectivity index (χ4v) is 2.96. The van der Waals surface area contributed by atoms with E-state index in [1.165, 1.54) is 16.7 Å². The molecule has 2 nitrogen and oxygen atoms in total. The second kappa shape index (κ2) is 6.31. The van der Waals surface area contributed by atoms with Crippen molar-refractivity contribution in [1.29, 1.82) is 0 Å². The van der Waals surface area contributed by atoms with Gasteiger partial charge in [-0.1, -0.05) is 43.3 Å². The molecule has 0 spiro atoms. The van der Waals surface area contributed by atoms with Gasteiger partial charge in [0.05, 0.1) is 6.10 Å². The molecule has 1 unspecified atom stereocenters. The summed E-state index contributed by atoms with van der Waals surface area (Å²) in [5.74, 6) is 0.922. The van der Waals surface area contributed by atoms with Crippen LogP contribution in [0.15, 0.2) is 42.5 Å². The highest BCUT2D eigenvalue weighted by atomic mass is 16.5. The van der Waals surface area contributed by atoms with Crippen LogP contribution >= 0.6 is 0 Å². The first-order valence-corrected chi connectivity index (χ1v) is 7.78. The fraction of sp³-hybridized carbons (Fsp3) is 0.368. The summed E-state index contributed by atoms with van der Waals surface area (Å²) in [6, 6.07) is 14.6. The Balaban J connectivity index is 1.74. The van der Waals surface area contributed by atoms with Gasteiger partial charge in [-0.2, -0.15) is 0 Å². The quantitative estimate of drug-likeness (QED) is 0.910. The van der Waals surface area contributed by atoms with E-state index in [-0.39, 0.29) is 6.10 Å². The van der Waals surface area contributed by atoms with Crippen LogP contribution in [0.3, 0.4) is 0 Å². The van der Waals surface area contributed by atoms with E-state index in [0.29, 0.717) is 6.61 Å². The van der Waals surface area contributed by atoms with Crippen molar-refractivity contribution >= 4 is 0 Å². The Morgan fingerprint density at radius 3 is 2.62 bits per heavy atom. The maximum atomic E-state index is 10.1. The van der Waals surface area contributed by atoms with Gasteiger partial charge in [-0.3, -0.25) is 0 Å². The van der Waals surface area contributed by atoms with E-state index in [2.05, 4.69) is 31.2 Å². The number of hydrogen-bond donors (Lipinski definition) is 1. The summed E-state index contributed by atoms with van der Waals surface area (Å²) in [4.78, 5) is 0. The van der Waals surface area contributed by atoms with Gasteiger partial charge in [0.2, 0.25) is 0 Å². The van der Waals surface area contributed by atoms with Crippen LogP contribution in [0.1, 0.15) is 48.1 Å². The molecule has 0 heterocycles. The molecule has 21 heavy (non-hydrogen) atoms. The highest BCUT2D eigenvalue weighted by molar-refractivity contribution is 5.43. The van der Waals surface area contributed by atoms with Gasteiger partial charge < -0.3 is 9.84 Å². The lowest BCUT2D eigenvalue weighted by atomic mass is 9.89. The van der Waals surface area contributed by atoms with Crippen LogP contribution in [0.4, 0.5) is 0 Å². The average Bonchev–Trinajstić information content (AvgIpc) is 2.54. The molecule has 0 fully saturated rings. The first-order chi connectivity index (χ1) is 10.3. The molecule has 3 rings (SSSR count). The monoisotopic (exact) mass is 282 g/mol. The largest absolute Gasteiger partial charge is 0.489 e. The molecule has 1 N–H and O–H groups in total. The standard InChI is InChI=1S/C19H22O2/c1-2-14-9-11-15(12-10-14)13-21-19-8-4-5-16-17(19)6-3-7-18(16)20/h4-5,8-12,18,20H,2-3,6-7,13H2,1H3. The minimum absolute atomic E-state index is 0.332. The van der Waals surface area contributed by atoms with E-state index >= 15 is 0 Å². The number of aliphatic hydroxyl groups excluding tert-OH is 1. The molecule has 110 valence electrons. The van der Waals surface area contributed by atoms with Crippen molar-refractivity contribution in [1.82, 2.24) is 0 Å². The number of fused-ring (bicyclic) bond motifs is 1. The maximum Gasteiger partial charge on any atom is 0.123 e. The van der Waals surface area contributed by atoms with Gasteiger partial charge in [0, 0.05) is 0 Å². The van der Waals surface area contributed by atoms with E-state index in [0.717, 1.165) is 37.0 Å². The Morgan fingerprint density at radius 1 is 1.10 bits per heavy atom. The molecule has 0 saturated heterocycles. The van der Waals surface area contributed by atoms with Gasteiger partial charge >= 0.3 is 0 Å². The Labute approximate surface area is 126 Å². The van der Waals surface area contributed by atoms with Crippen LogP contribution in [0.2, 0.25) is 0 Å². The van der Waals surface area contributed by atoms with Gasteiger partial charge in [0.1, 0.15) is 12.4 Å². The second-order valence-corrected chi connectivity index (χ2v) is 5.69. The zero-order valence-corrected chi connectivity index (χ0v) is 12.5. The van der Waals surface area contributed by atoms with Crippen molar-refractivity contribution in [2.75, 3.05) is 0 Å². The van der Waals surface area contributed by atoms with Crippen LogP contribution in [0.5, 0.6) is 5.75 Å². The molecular formula is C19H22O2. The Hall–Kier alpha value is -1.80. The molecular weight excluding hydrogens is 260 g/mol. The van der Waals surface area contributed by atoms with Crippen LogP contribution < -0.4 is 4.74 Å². The third-order valence-electron chi connectivity index (χ3n) is 4.26. The number of aryl methyl sites for hydroxylation is 1. The van der Waals surface area contributed by atoms with Gasteiger partial charge in [-0.25, -0.2) is 0 Å². The number of aliphatic hydroxyl groups is 1. The van der Waals surface area contributed by atoms with E-state index in [9.17, 15) is 5.11 Å². The number of hydrogen-bond acceptors (Lipinski definition) is 2. The highest BCUT2D eigenvalue weighted by Crippen LogP contribution is 2.35. The molecule has 0 radical (unpaired) electrons. The van der Waals surface area contributed by atoms with Gasteiger partial charge in [0.15, 0.2) is 0 Å². The van der Waals surface area contributed by atoms with Crippen LogP contribution in [-0.4, -0.2) is 5.11 Å². The molecule has 1 aliphatic rings. The molecule has 0 saturated carbocycles. The summed E-state index contributed by atoms with van der Waals surface area (Å²) in [5, 5.41) is 10.1. The molecule has 0 aliphatic heterocycles. The fourth-order valence-electron chi connectivity index (χ4n) is 2.96. The molecule has 0 bridgehead atoms. The van der Waals surface area contributed by atoms with Crippen molar-refractivity contribution in [2.45, 2.75) is 45.3 Å². The Kier molecular flexibility index (Phi) is 4.26. The Bertz CT molecular complexity index is 601. The summed E-state index contributed by atoms with van der Waals surface area (Å²) >= 11 is 0. The average molecular weight is 282 g/mol. The van der Waals surface area contributed by atoms with Crippen molar-refractivity contribution in [2.24, 2.45) is 0 Å². The van der Waals surface area contributed by atoms with E-state index in [1.807, 2.05) is 18.2 Å². The molecule has 1 aliphatic carbocycles. The topological polar surface area (TPSA) is 29.5 Å². The summed E-state index contributed by atoms with van der Waals surface area (Å²) in [7, 11) is 0. The van der Waals surface area contributed by atoms with E-state index < -0.39 is 0 Å². The lowest BCUT2D eigenvalue weighted by Crippen LogP contribution is -2.11. The highest BCUT2D eigenvalue weighted by Gasteiger charge is 2.20. The Morgan fingerprint density at radius 2 is 1.86 bits per heavy atom. The normalized spacial score (nSPS) is 17.3. The third-order valence-corrected chi connectivity index (χ3v) is 4.26. The van der Waals surface area contributed by atoms with Gasteiger partial charge in [-0.15, -0.1) is 0 Å².